The molecule has 86 valence electrons. The lowest BCUT2D eigenvalue weighted by Gasteiger charge is -2.27. The van der Waals surface area contributed by atoms with Crippen molar-refractivity contribution < 1.29 is 26.3 Å². The average molecular weight is 283 g/mol. The maximum Gasteiger partial charge on any atom is 0.400 e. The Bertz CT molecular complexity index is 171. The number of rotatable bonds is 3. The van der Waals surface area contributed by atoms with Crippen LogP contribution in [0.1, 0.15) is 0 Å². The molecule has 0 saturated carbocycles. The average Bonchev–Trinajstić information content (AvgIpc) is 1.79. The Labute approximate surface area is 90.1 Å². The van der Waals surface area contributed by atoms with E-state index in [2.05, 4.69) is 23.2 Å². The van der Waals surface area contributed by atoms with Crippen molar-refractivity contribution in [2.24, 2.45) is 5.92 Å². The second kappa shape index (κ2) is 4.53. The summed E-state index contributed by atoms with van der Waals surface area (Å²) in [5.41, 5.74) is -2.77. The van der Waals surface area contributed by atoms with Crippen molar-refractivity contribution in [2.45, 2.75) is 22.6 Å². The largest absolute Gasteiger partial charge is 0.400 e. The van der Waals surface area contributed by atoms with E-state index in [0.717, 1.165) is 0 Å². The maximum absolute atomic E-state index is 12.2. The van der Waals surface area contributed by atoms with Gasteiger partial charge in [0.2, 0.25) is 0 Å². The zero-order chi connectivity index (χ0) is 11.7. The predicted molar refractivity (Wildman–Crippen MR) is 40.7 cm³/mol. The van der Waals surface area contributed by atoms with E-state index in [9.17, 15) is 26.3 Å². The van der Waals surface area contributed by atoms with E-state index in [-0.39, 0.29) is 0 Å². The smallest absolute Gasteiger partial charge is 0.228 e. The Morgan fingerprint density at radius 1 is 0.929 bits per heavy atom. The summed E-state index contributed by atoms with van der Waals surface area (Å²) in [7, 11) is 0. The van der Waals surface area contributed by atoms with Gasteiger partial charge >= 0.3 is 11.6 Å². The summed E-state index contributed by atoms with van der Waals surface area (Å²) in [6, 6.07) is 0. The molecule has 0 spiro atoms. The third-order valence-corrected chi connectivity index (χ3v) is 2.37. The standard InChI is InChI=1S/C5H3Cl3F6/c6-1(3(7)9)2(4(8,10)11)5(12,13)14/h1-3H. The molecular weight excluding hydrogens is 280 g/mol. The highest BCUT2D eigenvalue weighted by atomic mass is 35.5. The molecule has 0 aliphatic heterocycles. The van der Waals surface area contributed by atoms with Gasteiger partial charge in [0, 0.05) is 0 Å². The van der Waals surface area contributed by atoms with Gasteiger partial charge in [-0.15, -0.1) is 11.6 Å². The van der Waals surface area contributed by atoms with E-state index in [0.29, 0.717) is 0 Å². The van der Waals surface area contributed by atoms with Crippen molar-refractivity contribution in [3.63, 3.8) is 0 Å². The maximum atomic E-state index is 12.2. The van der Waals surface area contributed by atoms with E-state index in [1.165, 1.54) is 0 Å². The van der Waals surface area contributed by atoms with Gasteiger partial charge in [-0.25, -0.2) is 4.39 Å². The molecule has 3 unspecified atom stereocenters. The lowest BCUT2D eigenvalue weighted by atomic mass is 10.1. The van der Waals surface area contributed by atoms with Gasteiger partial charge in [0.05, 0.1) is 5.38 Å². The molecule has 0 aliphatic carbocycles. The fourth-order valence-electron chi connectivity index (χ4n) is 0.692. The predicted octanol–water partition coefficient (Wildman–Crippen LogP) is 4.14. The summed E-state index contributed by atoms with van der Waals surface area (Å²) in [6.45, 7) is 0. The third-order valence-electron chi connectivity index (χ3n) is 1.26. The van der Waals surface area contributed by atoms with Crippen LogP contribution in [0, 0.1) is 5.92 Å². The highest BCUT2D eigenvalue weighted by molar-refractivity contribution is 6.30. The summed E-state index contributed by atoms with van der Waals surface area (Å²) < 4.78 is 72.5. The minimum absolute atomic E-state index is 2.65. The Hall–Kier alpha value is 0.450. The van der Waals surface area contributed by atoms with E-state index in [1.54, 1.807) is 0 Å². The van der Waals surface area contributed by atoms with Crippen LogP contribution in [-0.2, 0) is 0 Å². The van der Waals surface area contributed by atoms with Crippen molar-refractivity contribution in [3.8, 4) is 0 Å². The van der Waals surface area contributed by atoms with Crippen LogP contribution < -0.4 is 0 Å². The zero-order valence-corrected chi connectivity index (χ0v) is 8.40. The molecule has 0 aromatic carbocycles. The molecule has 14 heavy (non-hydrogen) atoms. The summed E-state index contributed by atoms with van der Waals surface area (Å²) in [5, 5.41) is -7.35. The second-order valence-electron chi connectivity index (χ2n) is 2.34. The molecule has 0 fully saturated rings. The highest BCUT2D eigenvalue weighted by Gasteiger charge is 2.59. The molecule has 0 heterocycles. The van der Waals surface area contributed by atoms with E-state index < -0.39 is 28.5 Å². The molecule has 0 N–H and O–H groups in total. The first-order chi connectivity index (χ1) is 5.98. The Morgan fingerprint density at radius 3 is 1.36 bits per heavy atom. The van der Waals surface area contributed by atoms with Gasteiger partial charge in [-0.1, -0.05) is 11.6 Å². The molecule has 0 aliphatic rings. The fraction of sp³-hybridized carbons (Fsp3) is 1.00. The molecular formula is C5H3Cl3F6. The van der Waals surface area contributed by atoms with E-state index >= 15 is 0 Å². The molecule has 0 aromatic rings. The first kappa shape index (κ1) is 14.5. The van der Waals surface area contributed by atoms with Gasteiger partial charge in [0.15, 0.2) is 11.5 Å². The monoisotopic (exact) mass is 282 g/mol. The molecule has 0 radical (unpaired) electrons. The summed E-state index contributed by atoms with van der Waals surface area (Å²) in [6.07, 6.45) is -5.43. The minimum Gasteiger partial charge on any atom is -0.228 e. The molecule has 0 saturated heterocycles. The molecule has 0 aromatic heterocycles. The molecule has 0 rings (SSSR count). The topological polar surface area (TPSA) is 0 Å². The van der Waals surface area contributed by atoms with Crippen LogP contribution in [0.15, 0.2) is 0 Å². The van der Waals surface area contributed by atoms with Crippen LogP contribution in [0.3, 0.4) is 0 Å². The van der Waals surface area contributed by atoms with E-state index in [1.807, 2.05) is 0 Å². The Balaban J connectivity index is 4.94. The number of halogens is 9. The number of hydrogen-bond donors (Lipinski definition) is 0. The SMILES string of the molecule is FC(Cl)C(Cl)C(C(F)(F)F)C(F)(F)Cl. The van der Waals surface area contributed by atoms with Gasteiger partial charge in [-0.2, -0.15) is 22.0 Å². The number of alkyl halides is 9. The highest BCUT2D eigenvalue weighted by Crippen LogP contribution is 2.46. The van der Waals surface area contributed by atoms with Gasteiger partial charge in [-0.3, -0.25) is 0 Å². The Morgan fingerprint density at radius 2 is 1.29 bits per heavy atom. The first-order valence-electron chi connectivity index (χ1n) is 3.03. The first-order valence-corrected chi connectivity index (χ1v) is 4.28. The van der Waals surface area contributed by atoms with Crippen LogP contribution in [0.2, 0.25) is 0 Å². The van der Waals surface area contributed by atoms with Crippen molar-refractivity contribution in [2.75, 3.05) is 0 Å². The van der Waals surface area contributed by atoms with Crippen LogP contribution in [0.4, 0.5) is 26.3 Å². The lowest BCUT2D eigenvalue weighted by Crippen LogP contribution is -2.44. The van der Waals surface area contributed by atoms with Gasteiger partial charge in [0.25, 0.3) is 0 Å². The molecule has 3 atom stereocenters. The van der Waals surface area contributed by atoms with Crippen molar-refractivity contribution in [1.29, 1.82) is 0 Å². The minimum atomic E-state index is -5.43. The van der Waals surface area contributed by atoms with Gasteiger partial charge < -0.3 is 0 Å². The Kier molecular flexibility index (Phi) is 4.68. The summed E-state index contributed by atoms with van der Waals surface area (Å²) in [5.74, 6) is -3.54. The van der Waals surface area contributed by atoms with Crippen LogP contribution in [-0.4, -0.2) is 22.6 Å². The zero-order valence-electron chi connectivity index (χ0n) is 6.13. The van der Waals surface area contributed by atoms with E-state index in [4.69, 9.17) is 11.6 Å². The molecule has 0 bridgehead atoms. The van der Waals surface area contributed by atoms with Crippen LogP contribution >= 0.6 is 34.8 Å². The molecule has 0 nitrogen and oxygen atoms in total. The number of hydrogen-bond acceptors (Lipinski definition) is 0. The normalized spacial score (nSPS) is 20.4. The molecule has 9 heteroatoms. The van der Waals surface area contributed by atoms with Crippen molar-refractivity contribution in [1.82, 2.24) is 0 Å². The van der Waals surface area contributed by atoms with Crippen LogP contribution in [0.5, 0.6) is 0 Å². The van der Waals surface area contributed by atoms with Gasteiger partial charge in [-0.05, 0) is 11.6 Å². The van der Waals surface area contributed by atoms with Crippen molar-refractivity contribution >= 4 is 34.8 Å². The second-order valence-corrected chi connectivity index (χ2v) is 3.76. The summed E-state index contributed by atoms with van der Waals surface area (Å²) >= 11 is 13.5. The van der Waals surface area contributed by atoms with Gasteiger partial charge in [0.1, 0.15) is 0 Å². The third kappa shape index (κ3) is 3.90. The quantitative estimate of drug-likeness (QED) is 0.539. The lowest BCUT2D eigenvalue weighted by molar-refractivity contribution is -0.219. The van der Waals surface area contributed by atoms with Crippen molar-refractivity contribution in [3.05, 3.63) is 0 Å². The fourth-order valence-corrected chi connectivity index (χ4v) is 1.46. The van der Waals surface area contributed by atoms with Crippen LogP contribution in [0.25, 0.3) is 0 Å². The molecule has 0 amide bonds. The summed E-state index contributed by atoms with van der Waals surface area (Å²) in [4.78, 5) is 0.